The molecule has 2 heteroatoms. The molecular weight excluding hydrogens is 126 g/mol. The van der Waals surface area contributed by atoms with Gasteiger partial charge in [-0.25, -0.2) is 0 Å². The van der Waals surface area contributed by atoms with E-state index in [-0.39, 0.29) is 5.54 Å². The number of piperidine rings is 1. The molecule has 0 amide bonds. The smallest absolute Gasteiger partial charge is 0.0641 e. The van der Waals surface area contributed by atoms with Crippen LogP contribution in [0.1, 0.15) is 26.2 Å². The van der Waals surface area contributed by atoms with E-state index in [4.69, 9.17) is 4.74 Å². The van der Waals surface area contributed by atoms with Crippen molar-refractivity contribution in [1.82, 2.24) is 5.32 Å². The van der Waals surface area contributed by atoms with Crippen molar-refractivity contribution in [1.29, 1.82) is 0 Å². The van der Waals surface area contributed by atoms with Crippen molar-refractivity contribution in [3.8, 4) is 0 Å². The van der Waals surface area contributed by atoms with Crippen LogP contribution in [0.3, 0.4) is 0 Å². The summed E-state index contributed by atoms with van der Waals surface area (Å²) in [5, 5.41) is 3.47. The Bertz CT molecular complexity index is 91.9. The average Bonchev–Trinajstić information content (AvgIpc) is 1.89. The molecule has 1 heterocycles. The van der Waals surface area contributed by atoms with Crippen molar-refractivity contribution in [3.63, 3.8) is 0 Å². The summed E-state index contributed by atoms with van der Waals surface area (Å²) in [7, 11) is 1.77. The van der Waals surface area contributed by atoms with Gasteiger partial charge in [-0.1, -0.05) is 6.42 Å². The fourth-order valence-corrected chi connectivity index (χ4v) is 1.56. The predicted molar refractivity (Wildman–Crippen MR) is 42.1 cm³/mol. The molecule has 1 aliphatic heterocycles. The minimum Gasteiger partial charge on any atom is -0.383 e. The number of ether oxygens (including phenoxy) is 1. The first-order chi connectivity index (χ1) is 4.77. The van der Waals surface area contributed by atoms with Crippen LogP contribution in [0.25, 0.3) is 0 Å². The number of hydrogen-bond acceptors (Lipinski definition) is 2. The third kappa shape index (κ3) is 1.96. The van der Waals surface area contributed by atoms with Crippen molar-refractivity contribution >= 4 is 0 Å². The van der Waals surface area contributed by atoms with Crippen LogP contribution >= 0.6 is 0 Å². The lowest BCUT2D eigenvalue weighted by atomic mass is 9.92. The Morgan fingerprint density at radius 1 is 1.50 bits per heavy atom. The second-order valence-corrected chi connectivity index (χ2v) is 3.38. The highest BCUT2D eigenvalue weighted by Gasteiger charge is 2.25. The monoisotopic (exact) mass is 143 g/mol. The van der Waals surface area contributed by atoms with Gasteiger partial charge in [0.15, 0.2) is 0 Å². The molecule has 1 aliphatic rings. The lowest BCUT2D eigenvalue weighted by Gasteiger charge is -2.34. The number of hydrogen-bond donors (Lipinski definition) is 1. The molecule has 1 N–H and O–H groups in total. The Kier molecular flexibility index (Phi) is 2.69. The lowest BCUT2D eigenvalue weighted by Crippen LogP contribution is -2.49. The molecule has 0 bridgehead atoms. The third-order valence-electron chi connectivity index (χ3n) is 2.17. The minimum absolute atomic E-state index is 0.257. The normalized spacial score (nSPS) is 34.2. The second kappa shape index (κ2) is 3.35. The maximum atomic E-state index is 5.12. The summed E-state index contributed by atoms with van der Waals surface area (Å²) in [6.07, 6.45) is 3.91. The van der Waals surface area contributed by atoms with Gasteiger partial charge >= 0.3 is 0 Å². The largest absolute Gasteiger partial charge is 0.383 e. The maximum Gasteiger partial charge on any atom is 0.0641 e. The summed E-state index contributed by atoms with van der Waals surface area (Å²) in [5.74, 6) is 0. The predicted octanol–water partition coefficient (Wildman–Crippen LogP) is 1.17. The molecule has 0 aromatic heterocycles. The van der Waals surface area contributed by atoms with Gasteiger partial charge in [0, 0.05) is 12.6 Å². The molecular formula is C8H17NO. The zero-order valence-corrected chi connectivity index (χ0v) is 6.94. The van der Waals surface area contributed by atoms with Gasteiger partial charge in [-0.2, -0.15) is 0 Å². The summed E-state index contributed by atoms with van der Waals surface area (Å²) in [6, 6.07) is 0. The Morgan fingerprint density at radius 2 is 2.30 bits per heavy atom. The van der Waals surface area contributed by atoms with Gasteiger partial charge < -0.3 is 10.1 Å². The van der Waals surface area contributed by atoms with Gasteiger partial charge in [0.05, 0.1) is 6.61 Å². The number of nitrogens with one attached hydrogen (secondary N) is 1. The number of rotatable bonds is 2. The highest BCUT2D eigenvalue weighted by atomic mass is 16.5. The van der Waals surface area contributed by atoms with Crippen LogP contribution in [0.4, 0.5) is 0 Å². The lowest BCUT2D eigenvalue weighted by molar-refractivity contribution is 0.101. The van der Waals surface area contributed by atoms with E-state index in [1.54, 1.807) is 7.11 Å². The molecule has 60 valence electrons. The van der Waals surface area contributed by atoms with E-state index in [1.807, 2.05) is 0 Å². The average molecular weight is 143 g/mol. The van der Waals surface area contributed by atoms with E-state index < -0.39 is 0 Å². The van der Waals surface area contributed by atoms with Gasteiger partial charge in [-0.05, 0) is 26.3 Å². The molecule has 1 saturated heterocycles. The third-order valence-corrected chi connectivity index (χ3v) is 2.17. The van der Waals surface area contributed by atoms with E-state index in [1.165, 1.54) is 19.3 Å². The van der Waals surface area contributed by atoms with E-state index >= 15 is 0 Å². The molecule has 10 heavy (non-hydrogen) atoms. The highest BCUT2D eigenvalue weighted by Crippen LogP contribution is 2.18. The fourth-order valence-electron chi connectivity index (χ4n) is 1.56. The zero-order chi connectivity index (χ0) is 7.45. The van der Waals surface area contributed by atoms with E-state index in [0.717, 1.165) is 13.2 Å². The summed E-state index contributed by atoms with van der Waals surface area (Å²) in [5.41, 5.74) is 0.257. The summed E-state index contributed by atoms with van der Waals surface area (Å²) >= 11 is 0. The molecule has 1 atom stereocenters. The molecule has 2 nitrogen and oxygen atoms in total. The summed E-state index contributed by atoms with van der Waals surface area (Å²) in [4.78, 5) is 0. The molecule has 1 rings (SSSR count). The van der Waals surface area contributed by atoms with Crippen LogP contribution < -0.4 is 5.32 Å². The van der Waals surface area contributed by atoms with Crippen molar-refractivity contribution in [2.45, 2.75) is 31.7 Å². The van der Waals surface area contributed by atoms with E-state index in [9.17, 15) is 0 Å². The zero-order valence-electron chi connectivity index (χ0n) is 6.94. The number of methoxy groups -OCH3 is 1. The first kappa shape index (κ1) is 8.02. The molecule has 0 aromatic carbocycles. The molecule has 0 aliphatic carbocycles. The van der Waals surface area contributed by atoms with E-state index in [2.05, 4.69) is 12.2 Å². The minimum atomic E-state index is 0.257. The van der Waals surface area contributed by atoms with Gasteiger partial charge in [-0.15, -0.1) is 0 Å². The first-order valence-corrected chi connectivity index (χ1v) is 4.01. The van der Waals surface area contributed by atoms with Gasteiger partial charge in [0.1, 0.15) is 0 Å². The standard InChI is InChI=1S/C8H17NO/c1-8(7-10-2)5-3-4-6-9-8/h9H,3-7H2,1-2H3/t8-/m0/s1. The van der Waals surface area contributed by atoms with E-state index in [0.29, 0.717) is 0 Å². The van der Waals surface area contributed by atoms with Crippen LogP contribution in [0.5, 0.6) is 0 Å². The van der Waals surface area contributed by atoms with Gasteiger partial charge in [-0.3, -0.25) is 0 Å². The van der Waals surface area contributed by atoms with Crippen LogP contribution in [0, 0.1) is 0 Å². The van der Waals surface area contributed by atoms with Crippen LogP contribution in [-0.2, 0) is 4.74 Å². The topological polar surface area (TPSA) is 21.3 Å². The Hall–Kier alpha value is -0.0800. The SMILES string of the molecule is COC[C@]1(C)CCCCN1. The summed E-state index contributed by atoms with van der Waals surface area (Å²) in [6.45, 7) is 4.22. The first-order valence-electron chi connectivity index (χ1n) is 4.01. The van der Waals surface area contributed by atoms with Crippen LogP contribution in [-0.4, -0.2) is 25.8 Å². The fraction of sp³-hybridized carbons (Fsp3) is 1.00. The summed E-state index contributed by atoms with van der Waals surface area (Å²) < 4.78 is 5.12. The Balaban J connectivity index is 2.32. The Morgan fingerprint density at radius 3 is 2.80 bits per heavy atom. The van der Waals surface area contributed by atoms with Gasteiger partial charge in [0.25, 0.3) is 0 Å². The quantitative estimate of drug-likeness (QED) is 0.626. The molecule has 0 radical (unpaired) electrons. The van der Waals surface area contributed by atoms with Crippen molar-refractivity contribution in [2.24, 2.45) is 0 Å². The molecule has 0 saturated carbocycles. The van der Waals surface area contributed by atoms with Crippen LogP contribution in [0.15, 0.2) is 0 Å². The molecule has 1 fully saturated rings. The van der Waals surface area contributed by atoms with Crippen LogP contribution in [0.2, 0.25) is 0 Å². The Labute approximate surface area is 63.0 Å². The highest BCUT2D eigenvalue weighted by molar-refractivity contribution is 4.85. The van der Waals surface area contributed by atoms with Crippen molar-refractivity contribution in [3.05, 3.63) is 0 Å². The maximum absolute atomic E-state index is 5.12. The molecule has 0 aromatic rings. The molecule has 0 unspecified atom stereocenters. The molecule has 0 spiro atoms. The van der Waals surface area contributed by atoms with Crippen molar-refractivity contribution in [2.75, 3.05) is 20.3 Å². The van der Waals surface area contributed by atoms with Crippen molar-refractivity contribution < 1.29 is 4.74 Å². The van der Waals surface area contributed by atoms with Gasteiger partial charge in [0.2, 0.25) is 0 Å². The second-order valence-electron chi connectivity index (χ2n) is 3.38.